The third-order valence-corrected chi connectivity index (χ3v) is 3.01. The van der Waals surface area contributed by atoms with E-state index in [4.69, 9.17) is 8.83 Å². The van der Waals surface area contributed by atoms with Gasteiger partial charge in [0.2, 0.25) is 11.8 Å². The molecule has 100 valence electrons. The second kappa shape index (κ2) is 5.65. The van der Waals surface area contributed by atoms with E-state index < -0.39 is 11.8 Å². The molecule has 0 aliphatic rings. The largest absolute Gasteiger partial charge is 0.466 e. The van der Waals surface area contributed by atoms with Gasteiger partial charge in [-0.3, -0.25) is 4.79 Å². The Balaban J connectivity index is 2.26. The molecule has 2 rings (SSSR count). The Bertz CT molecular complexity index is 582. The quantitative estimate of drug-likeness (QED) is 0.587. The summed E-state index contributed by atoms with van der Waals surface area (Å²) < 4.78 is 10.4. The van der Waals surface area contributed by atoms with Crippen molar-refractivity contribution in [2.75, 3.05) is 0 Å². The van der Waals surface area contributed by atoms with Gasteiger partial charge in [0.05, 0.1) is 12.5 Å². The van der Waals surface area contributed by atoms with Crippen LogP contribution < -0.4 is 0 Å². The molecular weight excluding hydrogens is 246 g/mol. The molecule has 2 aromatic rings. The van der Waals surface area contributed by atoms with Crippen molar-refractivity contribution >= 4 is 5.78 Å². The molecule has 0 N–H and O–H groups in total. The zero-order valence-electron chi connectivity index (χ0n) is 10.9. The summed E-state index contributed by atoms with van der Waals surface area (Å²) in [6.07, 6.45) is 4.57. The molecule has 0 bridgehead atoms. The first-order valence-electron chi connectivity index (χ1n) is 6.21. The number of rotatable bonds is 6. The van der Waals surface area contributed by atoms with E-state index in [9.17, 15) is 9.70 Å². The number of hydrogen-bond donors (Lipinski definition) is 0. The van der Waals surface area contributed by atoms with Gasteiger partial charge in [0.25, 0.3) is 0 Å². The summed E-state index contributed by atoms with van der Waals surface area (Å²) in [6.45, 7) is 3.91. The molecule has 0 fully saturated rings. The SMILES string of the molecule is CCc1coc(C(=O)C(N=O)c2cc(CC)co2)c1. The van der Waals surface area contributed by atoms with E-state index in [1.54, 1.807) is 12.1 Å². The van der Waals surface area contributed by atoms with Crippen LogP contribution in [0, 0.1) is 4.91 Å². The first kappa shape index (κ1) is 13.3. The summed E-state index contributed by atoms with van der Waals surface area (Å²) in [5, 5.41) is 2.86. The molecule has 5 heteroatoms. The number of hydrogen-bond acceptors (Lipinski definition) is 5. The summed E-state index contributed by atoms with van der Waals surface area (Å²) in [4.78, 5) is 23.1. The summed E-state index contributed by atoms with van der Waals surface area (Å²) in [7, 11) is 0. The predicted molar refractivity (Wildman–Crippen MR) is 69.0 cm³/mol. The van der Waals surface area contributed by atoms with Gasteiger partial charge in [0.1, 0.15) is 5.76 Å². The number of furan rings is 2. The lowest BCUT2D eigenvalue weighted by molar-refractivity contribution is 0.0925. The van der Waals surface area contributed by atoms with E-state index in [-0.39, 0.29) is 11.5 Å². The van der Waals surface area contributed by atoms with Gasteiger partial charge in [-0.05, 0) is 41.3 Å². The number of nitroso groups, excluding NO2 is 1. The molecule has 0 amide bonds. The normalized spacial score (nSPS) is 12.3. The molecule has 2 heterocycles. The van der Waals surface area contributed by atoms with E-state index in [2.05, 4.69) is 5.18 Å². The highest BCUT2D eigenvalue weighted by Crippen LogP contribution is 2.25. The zero-order chi connectivity index (χ0) is 13.8. The zero-order valence-corrected chi connectivity index (χ0v) is 10.9. The van der Waals surface area contributed by atoms with Crippen molar-refractivity contribution in [1.82, 2.24) is 0 Å². The Morgan fingerprint density at radius 3 is 2.32 bits per heavy atom. The Labute approximate surface area is 110 Å². The highest BCUT2D eigenvalue weighted by Gasteiger charge is 2.28. The lowest BCUT2D eigenvalue weighted by Gasteiger charge is -2.01. The van der Waals surface area contributed by atoms with E-state index in [0.717, 1.165) is 24.0 Å². The van der Waals surface area contributed by atoms with Crippen LogP contribution >= 0.6 is 0 Å². The predicted octanol–water partition coefficient (Wildman–Crippen LogP) is 3.69. The van der Waals surface area contributed by atoms with E-state index in [1.807, 2.05) is 13.8 Å². The molecule has 1 atom stereocenters. The molecule has 0 saturated carbocycles. The van der Waals surface area contributed by atoms with Gasteiger partial charge in [-0.15, -0.1) is 4.91 Å². The molecule has 5 nitrogen and oxygen atoms in total. The number of carbonyl (C=O) groups excluding carboxylic acids is 1. The third-order valence-electron chi connectivity index (χ3n) is 3.01. The second-order valence-electron chi connectivity index (χ2n) is 4.26. The number of ketones is 1. The summed E-state index contributed by atoms with van der Waals surface area (Å²) in [5.74, 6) is -0.0890. The Morgan fingerprint density at radius 1 is 1.16 bits per heavy atom. The van der Waals surface area contributed by atoms with E-state index in [1.165, 1.54) is 12.5 Å². The molecule has 0 aromatic carbocycles. The minimum atomic E-state index is -1.18. The van der Waals surface area contributed by atoms with Crippen molar-refractivity contribution in [2.24, 2.45) is 5.18 Å². The molecule has 0 aliphatic carbocycles. The van der Waals surface area contributed by atoms with Crippen molar-refractivity contribution < 1.29 is 13.6 Å². The van der Waals surface area contributed by atoms with Crippen LogP contribution in [0.15, 0.2) is 38.7 Å². The van der Waals surface area contributed by atoms with Gasteiger partial charge in [-0.2, -0.15) is 0 Å². The van der Waals surface area contributed by atoms with Crippen molar-refractivity contribution in [2.45, 2.75) is 32.7 Å². The van der Waals surface area contributed by atoms with Crippen LogP contribution in [-0.4, -0.2) is 5.78 Å². The van der Waals surface area contributed by atoms with Crippen molar-refractivity contribution in [3.8, 4) is 0 Å². The van der Waals surface area contributed by atoms with E-state index >= 15 is 0 Å². The number of carbonyl (C=O) groups is 1. The molecule has 19 heavy (non-hydrogen) atoms. The van der Waals surface area contributed by atoms with Gasteiger partial charge < -0.3 is 8.83 Å². The lowest BCUT2D eigenvalue weighted by Crippen LogP contribution is -2.08. The first-order chi connectivity index (χ1) is 9.19. The lowest BCUT2D eigenvalue weighted by atomic mass is 10.1. The molecule has 2 aromatic heterocycles. The number of Topliss-reactive ketones (excluding diaryl/α,β-unsaturated/α-hetero) is 1. The topological polar surface area (TPSA) is 72.8 Å². The second-order valence-corrected chi connectivity index (χ2v) is 4.26. The maximum absolute atomic E-state index is 12.2. The van der Waals surface area contributed by atoms with Gasteiger partial charge in [-0.25, -0.2) is 0 Å². The van der Waals surface area contributed by atoms with Gasteiger partial charge in [0, 0.05) is 0 Å². The van der Waals surface area contributed by atoms with Crippen LogP contribution in [-0.2, 0) is 12.8 Å². The maximum atomic E-state index is 12.2. The molecule has 0 aliphatic heterocycles. The fraction of sp³-hybridized carbons (Fsp3) is 0.357. The minimum Gasteiger partial charge on any atom is -0.466 e. The standard InChI is InChI=1S/C14H15NO4/c1-3-9-5-11(18-7-9)13(15-17)14(16)12-6-10(4-2)8-19-12/h5-8,13H,3-4H2,1-2H3. The molecule has 1 unspecified atom stereocenters. The third kappa shape index (κ3) is 2.65. The average molecular weight is 261 g/mol. The minimum absolute atomic E-state index is 0.135. The van der Waals surface area contributed by atoms with Crippen molar-refractivity contribution in [3.63, 3.8) is 0 Å². The summed E-state index contributed by atoms with van der Waals surface area (Å²) >= 11 is 0. The highest BCUT2D eigenvalue weighted by atomic mass is 16.3. The number of aryl methyl sites for hydroxylation is 2. The van der Waals surface area contributed by atoms with Gasteiger partial charge >= 0.3 is 0 Å². The van der Waals surface area contributed by atoms with Crippen LogP contribution in [0.4, 0.5) is 0 Å². The fourth-order valence-corrected chi connectivity index (χ4v) is 1.78. The molecular formula is C14H15NO4. The van der Waals surface area contributed by atoms with E-state index in [0.29, 0.717) is 0 Å². The van der Waals surface area contributed by atoms with Crippen LogP contribution in [0.2, 0.25) is 0 Å². The highest BCUT2D eigenvalue weighted by molar-refractivity contribution is 5.98. The molecule has 0 spiro atoms. The smallest absolute Gasteiger partial charge is 0.233 e. The van der Waals surface area contributed by atoms with Gasteiger partial charge in [0.15, 0.2) is 5.76 Å². The van der Waals surface area contributed by atoms with Crippen molar-refractivity contribution in [3.05, 3.63) is 52.2 Å². The van der Waals surface area contributed by atoms with Crippen molar-refractivity contribution in [1.29, 1.82) is 0 Å². The molecule has 0 saturated heterocycles. The number of nitrogens with zero attached hydrogens (tertiary/aromatic N) is 1. The van der Waals surface area contributed by atoms with Crippen LogP contribution in [0.5, 0.6) is 0 Å². The average Bonchev–Trinajstić information content (AvgIpc) is 3.08. The Hall–Kier alpha value is -2.17. The first-order valence-corrected chi connectivity index (χ1v) is 6.21. The summed E-state index contributed by atoms with van der Waals surface area (Å²) in [5.41, 5.74) is 1.83. The Morgan fingerprint density at radius 2 is 1.79 bits per heavy atom. The Kier molecular flexibility index (Phi) is 3.94. The van der Waals surface area contributed by atoms with Gasteiger partial charge in [-0.1, -0.05) is 13.8 Å². The maximum Gasteiger partial charge on any atom is 0.233 e. The van der Waals surface area contributed by atoms with Crippen LogP contribution in [0.3, 0.4) is 0 Å². The van der Waals surface area contributed by atoms with Crippen LogP contribution in [0.1, 0.15) is 47.3 Å². The summed E-state index contributed by atoms with van der Waals surface area (Å²) in [6, 6.07) is 2.12. The molecule has 0 radical (unpaired) electrons. The van der Waals surface area contributed by atoms with Crippen LogP contribution in [0.25, 0.3) is 0 Å². The fourth-order valence-electron chi connectivity index (χ4n) is 1.78. The monoisotopic (exact) mass is 261 g/mol.